The van der Waals surface area contributed by atoms with E-state index in [0.29, 0.717) is 30.2 Å². The number of amides is 1. The average molecular weight is 406 g/mol. The molecule has 3 aliphatic rings. The predicted molar refractivity (Wildman–Crippen MR) is 110 cm³/mol. The van der Waals surface area contributed by atoms with E-state index >= 15 is 0 Å². The van der Waals surface area contributed by atoms with Gasteiger partial charge in [-0.1, -0.05) is 19.3 Å². The molecule has 1 N–H and O–H groups in total. The molecule has 2 atom stereocenters. The molecule has 1 aromatic rings. The first-order valence-electron chi connectivity index (χ1n) is 10.6. The van der Waals surface area contributed by atoms with Crippen LogP contribution in [0.5, 0.6) is 0 Å². The lowest BCUT2D eigenvalue weighted by atomic mass is 9.75. The van der Waals surface area contributed by atoms with Crippen molar-refractivity contribution in [3.63, 3.8) is 0 Å². The Kier molecular flexibility index (Phi) is 6.04. The van der Waals surface area contributed by atoms with Gasteiger partial charge in [0.05, 0.1) is 11.4 Å². The Balaban J connectivity index is 1.31. The van der Waals surface area contributed by atoms with Gasteiger partial charge in [0.1, 0.15) is 0 Å². The van der Waals surface area contributed by atoms with Crippen LogP contribution in [0.1, 0.15) is 44.9 Å². The molecule has 154 valence electrons. The van der Waals surface area contributed by atoms with E-state index in [2.05, 4.69) is 10.2 Å². The summed E-state index contributed by atoms with van der Waals surface area (Å²) >= 11 is 0. The van der Waals surface area contributed by atoms with Crippen molar-refractivity contribution in [1.82, 2.24) is 9.21 Å². The Morgan fingerprint density at radius 1 is 0.929 bits per heavy atom. The highest BCUT2D eigenvalue weighted by Gasteiger charge is 2.31. The van der Waals surface area contributed by atoms with Crippen LogP contribution in [0.25, 0.3) is 0 Å². The number of fused-ring (bicyclic) bond motifs is 1. The van der Waals surface area contributed by atoms with E-state index in [-0.39, 0.29) is 5.91 Å². The summed E-state index contributed by atoms with van der Waals surface area (Å²) in [6, 6.07) is 6.57. The van der Waals surface area contributed by atoms with Crippen molar-refractivity contribution in [1.29, 1.82) is 0 Å². The normalized spacial score (nSPS) is 26.7. The number of nitrogens with zero attached hydrogens (tertiary/aromatic N) is 2. The number of carbonyl (C=O) groups is 1. The van der Waals surface area contributed by atoms with Gasteiger partial charge in [-0.15, -0.1) is 0 Å². The summed E-state index contributed by atoms with van der Waals surface area (Å²) in [6.07, 6.45) is 8.41. The Morgan fingerprint density at radius 2 is 1.61 bits per heavy atom. The van der Waals surface area contributed by atoms with Gasteiger partial charge in [-0.2, -0.15) is 4.31 Å². The minimum absolute atomic E-state index is 0.0237. The molecule has 3 fully saturated rings. The third-order valence-corrected chi connectivity index (χ3v) is 8.50. The van der Waals surface area contributed by atoms with Crippen LogP contribution in [0.15, 0.2) is 29.2 Å². The van der Waals surface area contributed by atoms with Gasteiger partial charge in [-0.3, -0.25) is 9.69 Å². The zero-order valence-electron chi connectivity index (χ0n) is 16.5. The summed E-state index contributed by atoms with van der Waals surface area (Å²) < 4.78 is 26.7. The van der Waals surface area contributed by atoms with E-state index in [0.717, 1.165) is 37.8 Å². The van der Waals surface area contributed by atoms with Crippen molar-refractivity contribution < 1.29 is 13.2 Å². The Bertz CT molecular complexity index is 788. The summed E-state index contributed by atoms with van der Waals surface area (Å²) in [5.41, 5.74) is 0.651. The van der Waals surface area contributed by atoms with Gasteiger partial charge < -0.3 is 5.32 Å². The highest BCUT2D eigenvalue weighted by Crippen LogP contribution is 2.35. The molecule has 0 bridgehead atoms. The lowest BCUT2D eigenvalue weighted by Crippen LogP contribution is -2.44. The molecule has 1 saturated carbocycles. The molecule has 2 saturated heterocycles. The van der Waals surface area contributed by atoms with Crippen LogP contribution in [0.2, 0.25) is 0 Å². The quantitative estimate of drug-likeness (QED) is 0.818. The summed E-state index contributed by atoms with van der Waals surface area (Å²) in [4.78, 5) is 15.0. The van der Waals surface area contributed by atoms with Crippen LogP contribution < -0.4 is 5.32 Å². The van der Waals surface area contributed by atoms with Crippen molar-refractivity contribution in [2.45, 2.75) is 49.8 Å². The van der Waals surface area contributed by atoms with Crippen LogP contribution in [0.4, 0.5) is 5.69 Å². The zero-order valence-corrected chi connectivity index (χ0v) is 17.3. The first-order valence-corrected chi connectivity index (χ1v) is 12.1. The molecule has 4 rings (SSSR count). The molecule has 28 heavy (non-hydrogen) atoms. The maximum absolute atomic E-state index is 12.6. The topological polar surface area (TPSA) is 69.7 Å². The van der Waals surface area contributed by atoms with Gasteiger partial charge in [0.2, 0.25) is 15.9 Å². The first-order chi connectivity index (χ1) is 13.5. The SMILES string of the molecule is O=C(CN1CC[C@H]2CCCC[C@@H]2C1)Nc1ccc(S(=O)(=O)N2CCCC2)cc1. The number of rotatable bonds is 5. The molecule has 0 radical (unpaired) electrons. The number of hydrogen-bond donors (Lipinski definition) is 1. The highest BCUT2D eigenvalue weighted by atomic mass is 32.2. The maximum atomic E-state index is 12.6. The Morgan fingerprint density at radius 3 is 2.32 bits per heavy atom. The number of nitrogens with one attached hydrogen (secondary N) is 1. The molecule has 0 unspecified atom stereocenters. The third-order valence-electron chi connectivity index (χ3n) is 6.58. The van der Waals surface area contributed by atoms with Crippen molar-refractivity contribution in [2.75, 3.05) is 38.0 Å². The minimum atomic E-state index is -3.41. The number of benzene rings is 1. The number of anilines is 1. The van der Waals surface area contributed by atoms with Crippen molar-refractivity contribution in [3.8, 4) is 0 Å². The monoisotopic (exact) mass is 405 g/mol. The van der Waals surface area contributed by atoms with Gasteiger partial charge >= 0.3 is 0 Å². The van der Waals surface area contributed by atoms with E-state index in [4.69, 9.17) is 0 Å². The molecular formula is C21H31N3O3S. The number of carbonyl (C=O) groups excluding carboxylic acids is 1. The molecule has 0 aromatic heterocycles. The van der Waals surface area contributed by atoms with E-state index in [1.165, 1.54) is 36.4 Å². The Labute approximate surface area is 168 Å². The van der Waals surface area contributed by atoms with Gasteiger partial charge in [-0.05, 0) is 68.3 Å². The molecular weight excluding hydrogens is 374 g/mol. The van der Waals surface area contributed by atoms with Gasteiger partial charge in [-0.25, -0.2) is 8.42 Å². The first kappa shape index (κ1) is 19.9. The third kappa shape index (κ3) is 4.42. The second-order valence-electron chi connectivity index (χ2n) is 8.51. The minimum Gasteiger partial charge on any atom is -0.325 e. The van der Waals surface area contributed by atoms with E-state index in [9.17, 15) is 13.2 Å². The van der Waals surface area contributed by atoms with E-state index in [1.54, 1.807) is 24.3 Å². The number of piperidine rings is 1. The molecule has 2 aliphatic heterocycles. The van der Waals surface area contributed by atoms with Crippen molar-refractivity contribution in [2.24, 2.45) is 11.8 Å². The fraction of sp³-hybridized carbons (Fsp3) is 0.667. The summed E-state index contributed by atoms with van der Waals surface area (Å²) in [5, 5.41) is 2.92. The fourth-order valence-corrected chi connectivity index (χ4v) is 6.53. The fourth-order valence-electron chi connectivity index (χ4n) is 5.01. The van der Waals surface area contributed by atoms with E-state index < -0.39 is 10.0 Å². The molecule has 1 amide bonds. The van der Waals surface area contributed by atoms with Gasteiger partial charge in [0.15, 0.2) is 0 Å². The zero-order chi connectivity index (χ0) is 19.6. The van der Waals surface area contributed by atoms with Gasteiger partial charge in [0.25, 0.3) is 0 Å². The standard InChI is InChI=1S/C21H31N3O3S/c25-21(16-23-14-11-17-5-1-2-6-18(17)15-23)22-19-7-9-20(10-8-19)28(26,27)24-12-3-4-13-24/h7-10,17-18H,1-6,11-16H2,(H,22,25)/t17-,18-/m1/s1. The summed E-state index contributed by atoms with van der Waals surface area (Å²) in [6.45, 7) is 3.64. The molecule has 1 aromatic carbocycles. The second-order valence-corrected chi connectivity index (χ2v) is 10.5. The van der Waals surface area contributed by atoms with Crippen LogP contribution in [0, 0.1) is 11.8 Å². The average Bonchev–Trinajstić information content (AvgIpc) is 3.24. The second kappa shape index (κ2) is 8.51. The number of sulfonamides is 1. The summed E-state index contributed by atoms with van der Waals surface area (Å²) in [5.74, 6) is 1.59. The lowest BCUT2D eigenvalue weighted by Gasteiger charge is -2.41. The lowest BCUT2D eigenvalue weighted by molar-refractivity contribution is -0.118. The molecule has 6 nitrogen and oxygen atoms in total. The molecule has 0 spiro atoms. The molecule has 2 heterocycles. The Hall–Kier alpha value is -1.44. The van der Waals surface area contributed by atoms with Crippen LogP contribution >= 0.6 is 0 Å². The smallest absolute Gasteiger partial charge is 0.243 e. The van der Waals surface area contributed by atoms with E-state index in [1.807, 2.05) is 0 Å². The van der Waals surface area contributed by atoms with Crippen LogP contribution in [-0.4, -0.2) is 56.3 Å². The highest BCUT2D eigenvalue weighted by molar-refractivity contribution is 7.89. The molecule has 7 heteroatoms. The van der Waals surface area contributed by atoms with Crippen LogP contribution in [-0.2, 0) is 14.8 Å². The summed E-state index contributed by atoms with van der Waals surface area (Å²) in [7, 11) is -3.41. The largest absolute Gasteiger partial charge is 0.325 e. The van der Waals surface area contributed by atoms with Gasteiger partial charge in [0, 0.05) is 25.3 Å². The van der Waals surface area contributed by atoms with Crippen molar-refractivity contribution >= 4 is 21.6 Å². The molecule has 1 aliphatic carbocycles. The number of hydrogen-bond acceptors (Lipinski definition) is 4. The number of likely N-dealkylation sites (tertiary alicyclic amines) is 1. The maximum Gasteiger partial charge on any atom is 0.243 e. The predicted octanol–water partition coefficient (Wildman–Crippen LogP) is 2.92. The van der Waals surface area contributed by atoms with Crippen molar-refractivity contribution in [3.05, 3.63) is 24.3 Å². The van der Waals surface area contributed by atoms with Crippen LogP contribution in [0.3, 0.4) is 0 Å².